The zero-order valence-electron chi connectivity index (χ0n) is 12.3. The van der Waals surface area contributed by atoms with Gasteiger partial charge in [-0.1, -0.05) is 0 Å². The summed E-state index contributed by atoms with van der Waals surface area (Å²) in [7, 11) is 1.42. The highest BCUT2D eigenvalue weighted by Crippen LogP contribution is 2.30. The average molecular weight is 302 g/mol. The normalized spacial score (nSPS) is 20.8. The van der Waals surface area contributed by atoms with Crippen LogP contribution in [-0.4, -0.2) is 38.9 Å². The molecule has 0 aliphatic heterocycles. The molecule has 0 bridgehead atoms. The van der Waals surface area contributed by atoms with Crippen LogP contribution in [0.5, 0.6) is 0 Å². The Morgan fingerprint density at radius 1 is 1.45 bits per heavy atom. The van der Waals surface area contributed by atoms with Gasteiger partial charge in [0.25, 0.3) is 0 Å². The van der Waals surface area contributed by atoms with Gasteiger partial charge in [-0.25, -0.2) is 14.6 Å². The van der Waals surface area contributed by atoms with Crippen LogP contribution >= 0.6 is 0 Å². The molecule has 2 heterocycles. The van der Waals surface area contributed by atoms with Gasteiger partial charge in [-0.2, -0.15) is 5.10 Å². The van der Waals surface area contributed by atoms with E-state index in [1.165, 1.54) is 13.4 Å². The van der Waals surface area contributed by atoms with Crippen LogP contribution in [0.4, 0.5) is 11.5 Å². The van der Waals surface area contributed by atoms with Crippen LogP contribution in [0.3, 0.4) is 0 Å². The summed E-state index contributed by atoms with van der Waals surface area (Å²) in [6.07, 6.45) is 7.27. The van der Waals surface area contributed by atoms with Gasteiger partial charge in [-0.3, -0.25) is 4.79 Å². The summed E-state index contributed by atoms with van der Waals surface area (Å²) in [5.41, 5.74) is 6.57. The lowest BCUT2D eigenvalue weighted by Crippen LogP contribution is -2.20. The minimum atomic E-state index is -0.155. The number of ether oxygens (including phenoxy) is 1. The molecular weight excluding hydrogens is 284 g/mol. The lowest BCUT2D eigenvalue weighted by Gasteiger charge is -2.16. The molecule has 0 saturated heterocycles. The van der Waals surface area contributed by atoms with Gasteiger partial charge in [0.15, 0.2) is 11.6 Å². The monoisotopic (exact) mass is 302 g/mol. The summed E-state index contributed by atoms with van der Waals surface area (Å²) in [5, 5.41) is 7.42. The standard InChI is InChI=1S/C14H18N6O2/c1-22-14(21)9-3-4-10(7-9)19-12-11(15)13(17-8-16-12)20-6-2-5-18-20/h2,5-6,8-10H,3-4,7,15H2,1H3,(H,16,17,19)/t9-,10+/m0/s1. The summed E-state index contributed by atoms with van der Waals surface area (Å²) in [4.78, 5) is 19.9. The molecule has 8 nitrogen and oxygen atoms in total. The first-order chi connectivity index (χ1) is 10.7. The number of hydrogen-bond donors (Lipinski definition) is 2. The smallest absolute Gasteiger partial charge is 0.308 e. The van der Waals surface area contributed by atoms with Gasteiger partial charge in [0.2, 0.25) is 0 Å². The van der Waals surface area contributed by atoms with Gasteiger partial charge in [-0.05, 0) is 25.3 Å². The summed E-state index contributed by atoms with van der Waals surface area (Å²) in [6.45, 7) is 0. The van der Waals surface area contributed by atoms with E-state index in [1.807, 2.05) is 0 Å². The molecule has 1 saturated carbocycles. The van der Waals surface area contributed by atoms with Crippen molar-refractivity contribution in [1.82, 2.24) is 19.7 Å². The van der Waals surface area contributed by atoms with Crippen LogP contribution in [0, 0.1) is 5.92 Å². The lowest BCUT2D eigenvalue weighted by atomic mass is 10.1. The Bertz CT molecular complexity index is 657. The Kier molecular flexibility index (Phi) is 3.90. The Morgan fingerprint density at radius 2 is 2.32 bits per heavy atom. The average Bonchev–Trinajstić information content (AvgIpc) is 3.20. The Balaban J connectivity index is 1.74. The van der Waals surface area contributed by atoms with Crippen molar-refractivity contribution in [2.75, 3.05) is 18.2 Å². The number of methoxy groups -OCH3 is 1. The molecule has 2 atom stereocenters. The van der Waals surface area contributed by atoms with Crippen molar-refractivity contribution < 1.29 is 9.53 Å². The maximum atomic E-state index is 11.6. The molecule has 0 aromatic carbocycles. The number of carbonyl (C=O) groups excluding carboxylic acids is 1. The van der Waals surface area contributed by atoms with E-state index in [4.69, 9.17) is 10.5 Å². The molecule has 1 aliphatic rings. The molecular formula is C14H18N6O2. The highest BCUT2D eigenvalue weighted by Gasteiger charge is 2.31. The number of nitrogens with zero attached hydrogens (tertiary/aromatic N) is 4. The van der Waals surface area contributed by atoms with Crippen molar-refractivity contribution in [2.45, 2.75) is 25.3 Å². The molecule has 22 heavy (non-hydrogen) atoms. The number of hydrogen-bond acceptors (Lipinski definition) is 7. The van der Waals surface area contributed by atoms with Crippen LogP contribution < -0.4 is 11.1 Å². The van der Waals surface area contributed by atoms with Crippen LogP contribution in [0.2, 0.25) is 0 Å². The molecule has 8 heteroatoms. The fourth-order valence-corrected chi connectivity index (χ4v) is 2.76. The van der Waals surface area contributed by atoms with E-state index >= 15 is 0 Å². The van der Waals surface area contributed by atoms with Gasteiger partial charge in [0.1, 0.15) is 12.0 Å². The zero-order valence-corrected chi connectivity index (χ0v) is 12.3. The molecule has 116 valence electrons. The van der Waals surface area contributed by atoms with E-state index in [2.05, 4.69) is 20.4 Å². The number of nitrogens with one attached hydrogen (secondary N) is 1. The van der Waals surface area contributed by atoms with E-state index in [0.29, 0.717) is 23.7 Å². The summed E-state index contributed by atoms with van der Waals surface area (Å²) >= 11 is 0. The number of rotatable bonds is 4. The Morgan fingerprint density at radius 3 is 3.05 bits per heavy atom. The number of carbonyl (C=O) groups is 1. The maximum Gasteiger partial charge on any atom is 0.308 e. The zero-order chi connectivity index (χ0) is 15.5. The first kappa shape index (κ1) is 14.3. The van der Waals surface area contributed by atoms with Gasteiger partial charge in [0, 0.05) is 18.4 Å². The van der Waals surface area contributed by atoms with Crippen molar-refractivity contribution in [3.63, 3.8) is 0 Å². The summed E-state index contributed by atoms with van der Waals surface area (Å²) in [6, 6.07) is 1.94. The minimum Gasteiger partial charge on any atom is -0.469 e. The quantitative estimate of drug-likeness (QED) is 0.811. The summed E-state index contributed by atoms with van der Waals surface area (Å²) in [5.74, 6) is 0.884. The third kappa shape index (κ3) is 2.72. The second kappa shape index (κ2) is 6.00. The minimum absolute atomic E-state index is 0.0591. The number of nitrogens with two attached hydrogens (primary N) is 1. The summed E-state index contributed by atoms with van der Waals surface area (Å²) < 4.78 is 6.39. The third-order valence-electron chi connectivity index (χ3n) is 3.89. The van der Waals surface area contributed by atoms with Crippen molar-refractivity contribution in [1.29, 1.82) is 0 Å². The predicted molar refractivity (Wildman–Crippen MR) is 80.3 cm³/mol. The van der Waals surface area contributed by atoms with Crippen molar-refractivity contribution in [3.8, 4) is 5.82 Å². The fourth-order valence-electron chi connectivity index (χ4n) is 2.76. The molecule has 0 unspecified atom stereocenters. The van der Waals surface area contributed by atoms with Crippen LogP contribution in [0.1, 0.15) is 19.3 Å². The third-order valence-corrected chi connectivity index (χ3v) is 3.89. The van der Waals surface area contributed by atoms with E-state index in [0.717, 1.165) is 12.8 Å². The number of aromatic nitrogens is 4. The van der Waals surface area contributed by atoms with E-state index in [9.17, 15) is 4.79 Å². The van der Waals surface area contributed by atoms with E-state index in [1.54, 1.807) is 23.1 Å². The molecule has 0 amide bonds. The SMILES string of the molecule is COC(=O)[C@H]1CC[C@@H](Nc2ncnc(-n3cccn3)c2N)C1. The number of nitrogen functional groups attached to an aromatic ring is 1. The molecule has 3 N–H and O–H groups in total. The molecule has 3 rings (SSSR count). The van der Waals surface area contributed by atoms with E-state index in [-0.39, 0.29) is 17.9 Å². The van der Waals surface area contributed by atoms with Crippen molar-refractivity contribution in [2.24, 2.45) is 5.92 Å². The maximum absolute atomic E-state index is 11.6. The van der Waals surface area contributed by atoms with Crippen molar-refractivity contribution in [3.05, 3.63) is 24.8 Å². The number of esters is 1. The second-order valence-electron chi connectivity index (χ2n) is 5.28. The molecule has 1 fully saturated rings. The fraction of sp³-hybridized carbons (Fsp3) is 0.429. The van der Waals surface area contributed by atoms with Crippen LogP contribution in [0.25, 0.3) is 5.82 Å². The number of anilines is 2. The van der Waals surface area contributed by atoms with Crippen LogP contribution in [0.15, 0.2) is 24.8 Å². The lowest BCUT2D eigenvalue weighted by molar-refractivity contribution is -0.145. The van der Waals surface area contributed by atoms with Crippen LogP contribution in [-0.2, 0) is 9.53 Å². The van der Waals surface area contributed by atoms with E-state index < -0.39 is 0 Å². The van der Waals surface area contributed by atoms with Crippen molar-refractivity contribution >= 4 is 17.5 Å². The van der Waals surface area contributed by atoms with Gasteiger partial charge >= 0.3 is 5.97 Å². The second-order valence-corrected chi connectivity index (χ2v) is 5.28. The van der Waals surface area contributed by atoms with Gasteiger partial charge in [-0.15, -0.1) is 0 Å². The highest BCUT2D eigenvalue weighted by atomic mass is 16.5. The molecule has 0 spiro atoms. The largest absolute Gasteiger partial charge is 0.469 e. The molecule has 0 radical (unpaired) electrons. The Hall–Kier alpha value is -2.64. The highest BCUT2D eigenvalue weighted by molar-refractivity contribution is 5.73. The Labute approximate surface area is 127 Å². The predicted octanol–water partition coefficient (Wildman–Crippen LogP) is 0.998. The van der Waals surface area contributed by atoms with Gasteiger partial charge < -0.3 is 15.8 Å². The topological polar surface area (TPSA) is 108 Å². The first-order valence-electron chi connectivity index (χ1n) is 7.14. The molecule has 2 aromatic rings. The first-order valence-corrected chi connectivity index (χ1v) is 7.14. The van der Waals surface area contributed by atoms with Gasteiger partial charge in [0.05, 0.1) is 13.0 Å². The molecule has 2 aromatic heterocycles. The molecule has 1 aliphatic carbocycles.